The zero-order valence-corrected chi connectivity index (χ0v) is 8.87. The third-order valence-electron chi connectivity index (χ3n) is 1.94. The Kier molecular flexibility index (Phi) is 3.06. The lowest BCUT2D eigenvalue weighted by atomic mass is 9.91. The van der Waals surface area contributed by atoms with Gasteiger partial charge in [0.1, 0.15) is 0 Å². The first-order valence-corrected chi connectivity index (χ1v) is 4.98. The quantitative estimate of drug-likeness (QED) is 0.718. The summed E-state index contributed by atoms with van der Waals surface area (Å²) in [5.41, 5.74) is 4.77. The lowest BCUT2D eigenvalue weighted by Gasteiger charge is -2.21. The van der Waals surface area contributed by atoms with Gasteiger partial charge in [-0.05, 0) is 25.3 Å². The van der Waals surface area contributed by atoms with Gasteiger partial charge in [0.25, 0.3) is 0 Å². The highest BCUT2D eigenvalue weighted by Crippen LogP contribution is 2.27. The summed E-state index contributed by atoms with van der Waals surface area (Å²) in [5.74, 6) is -0.0162. The summed E-state index contributed by atoms with van der Waals surface area (Å²) in [4.78, 5) is 12.7. The largest absolute Gasteiger partial charge is 0.291 e. The maximum Gasteiger partial charge on any atom is 0.244 e. The standard InChI is InChI=1S/C9H14N2OS/c1-9(2,8(12)11-10-3)7-5-4-6-13-7/h4-6,10H,1-3H3,(H,11,12). The molecule has 0 aromatic carbocycles. The van der Waals surface area contributed by atoms with Crippen molar-refractivity contribution in [3.8, 4) is 0 Å². The van der Waals surface area contributed by atoms with E-state index in [0.29, 0.717) is 0 Å². The number of amides is 1. The second-order valence-electron chi connectivity index (χ2n) is 3.31. The van der Waals surface area contributed by atoms with E-state index in [1.54, 1.807) is 18.4 Å². The van der Waals surface area contributed by atoms with Crippen molar-refractivity contribution in [2.24, 2.45) is 0 Å². The van der Waals surface area contributed by atoms with Crippen LogP contribution in [0.25, 0.3) is 0 Å². The molecule has 1 heterocycles. The van der Waals surface area contributed by atoms with Gasteiger partial charge < -0.3 is 0 Å². The molecule has 0 unspecified atom stereocenters. The van der Waals surface area contributed by atoms with Crippen molar-refractivity contribution in [1.29, 1.82) is 0 Å². The maximum atomic E-state index is 11.6. The van der Waals surface area contributed by atoms with Gasteiger partial charge in [0.05, 0.1) is 5.41 Å². The third-order valence-corrected chi connectivity index (χ3v) is 3.14. The highest BCUT2D eigenvalue weighted by atomic mass is 32.1. The van der Waals surface area contributed by atoms with Crippen molar-refractivity contribution in [3.05, 3.63) is 22.4 Å². The minimum Gasteiger partial charge on any atom is -0.291 e. The first-order chi connectivity index (χ1) is 6.09. The minimum absolute atomic E-state index is 0.0162. The first-order valence-electron chi connectivity index (χ1n) is 4.10. The van der Waals surface area contributed by atoms with Crippen LogP contribution in [0.5, 0.6) is 0 Å². The molecule has 72 valence electrons. The molecule has 0 saturated heterocycles. The van der Waals surface area contributed by atoms with Gasteiger partial charge in [-0.3, -0.25) is 10.2 Å². The number of carbonyl (C=O) groups excluding carboxylic acids is 1. The molecule has 4 heteroatoms. The highest BCUT2D eigenvalue weighted by Gasteiger charge is 2.30. The number of thiophene rings is 1. The Morgan fingerprint density at radius 2 is 2.23 bits per heavy atom. The van der Waals surface area contributed by atoms with Crippen molar-refractivity contribution in [1.82, 2.24) is 10.9 Å². The Bertz CT molecular complexity index is 280. The zero-order valence-electron chi connectivity index (χ0n) is 8.05. The van der Waals surface area contributed by atoms with E-state index in [9.17, 15) is 4.79 Å². The fourth-order valence-corrected chi connectivity index (χ4v) is 1.86. The molecule has 1 amide bonds. The van der Waals surface area contributed by atoms with E-state index in [1.165, 1.54) is 0 Å². The smallest absolute Gasteiger partial charge is 0.244 e. The van der Waals surface area contributed by atoms with Crippen LogP contribution in [0.2, 0.25) is 0 Å². The number of hydrogen-bond acceptors (Lipinski definition) is 3. The number of rotatable bonds is 3. The van der Waals surface area contributed by atoms with Crippen molar-refractivity contribution in [2.75, 3.05) is 7.05 Å². The molecule has 0 atom stereocenters. The van der Waals surface area contributed by atoms with Crippen LogP contribution in [0.15, 0.2) is 17.5 Å². The van der Waals surface area contributed by atoms with Crippen LogP contribution in [0.1, 0.15) is 18.7 Å². The summed E-state index contributed by atoms with van der Waals surface area (Å²) >= 11 is 1.60. The molecule has 1 aromatic rings. The molecule has 1 aromatic heterocycles. The Hall–Kier alpha value is -0.870. The number of hydrogen-bond donors (Lipinski definition) is 2. The van der Waals surface area contributed by atoms with Crippen molar-refractivity contribution in [2.45, 2.75) is 19.3 Å². The molecular formula is C9H14N2OS. The van der Waals surface area contributed by atoms with Crippen molar-refractivity contribution < 1.29 is 4.79 Å². The van der Waals surface area contributed by atoms with E-state index in [-0.39, 0.29) is 5.91 Å². The van der Waals surface area contributed by atoms with Gasteiger partial charge in [-0.2, -0.15) is 0 Å². The molecule has 0 bridgehead atoms. The summed E-state index contributed by atoms with van der Waals surface area (Å²) in [6.45, 7) is 3.82. The Labute approximate surface area is 82.1 Å². The summed E-state index contributed by atoms with van der Waals surface area (Å²) in [6, 6.07) is 3.92. The van der Waals surface area contributed by atoms with Crippen LogP contribution in [0, 0.1) is 0 Å². The van der Waals surface area contributed by atoms with E-state index in [4.69, 9.17) is 0 Å². The molecule has 2 N–H and O–H groups in total. The van der Waals surface area contributed by atoms with Gasteiger partial charge in [0, 0.05) is 11.9 Å². The normalized spacial score (nSPS) is 11.3. The van der Waals surface area contributed by atoms with E-state index < -0.39 is 5.41 Å². The maximum absolute atomic E-state index is 11.6. The Morgan fingerprint density at radius 1 is 1.54 bits per heavy atom. The number of hydrazine groups is 1. The van der Waals surface area contributed by atoms with Gasteiger partial charge >= 0.3 is 0 Å². The SMILES string of the molecule is CNNC(=O)C(C)(C)c1cccs1. The van der Waals surface area contributed by atoms with Gasteiger partial charge in [0.15, 0.2) is 0 Å². The van der Waals surface area contributed by atoms with Crippen LogP contribution in [0.3, 0.4) is 0 Å². The molecule has 3 nitrogen and oxygen atoms in total. The van der Waals surface area contributed by atoms with Gasteiger partial charge in [-0.15, -0.1) is 11.3 Å². The van der Waals surface area contributed by atoms with Crippen molar-refractivity contribution >= 4 is 17.2 Å². The van der Waals surface area contributed by atoms with Gasteiger partial charge in [0.2, 0.25) is 5.91 Å². The van der Waals surface area contributed by atoms with Gasteiger partial charge in [-0.1, -0.05) is 6.07 Å². The second kappa shape index (κ2) is 3.89. The Morgan fingerprint density at radius 3 is 2.69 bits per heavy atom. The lowest BCUT2D eigenvalue weighted by molar-refractivity contribution is -0.126. The first kappa shape index (κ1) is 10.2. The zero-order chi connectivity index (χ0) is 9.90. The third kappa shape index (κ3) is 2.08. The molecule has 0 saturated carbocycles. The molecule has 1 rings (SSSR count). The number of nitrogens with one attached hydrogen (secondary N) is 2. The van der Waals surface area contributed by atoms with E-state index in [2.05, 4.69) is 10.9 Å². The van der Waals surface area contributed by atoms with Crippen molar-refractivity contribution in [3.63, 3.8) is 0 Å². The van der Waals surface area contributed by atoms with Crippen LogP contribution < -0.4 is 10.9 Å². The highest BCUT2D eigenvalue weighted by molar-refractivity contribution is 7.10. The van der Waals surface area contributed by atoms with E-state index in [0.717, 1.165) is 4.88 Å². The molecule has 0 aliphatic heterocycles. The summed E-state index contributed by atoms with van der Waals surface area (Å²) in [6.07, 6.45) is 0. The minimum atomic E-state index is -0.461. The van der Waals surface area contributed by atoms with Crippen LogP contribution in [-0.4, -0.2) is 13.0 Å². The van der Waals surface area contributed by atoms with Crippen LogP contribution in [0.4, 0.5) is 0 Å². The Balaban J connectivity index is 2.82. The molecule has 0 radical (unpaired) electrons. The summed E-state index contributed by atoms with van der Waals surface area (Å²) < 4.78 is 0. The van der Waals surface area contributed by atoms with Crippen LogP contribution >= 0.6 is 11.3 Å². The predicted octanol–water partition coefficient (Wildman–Crippen LogP) is 1.28. The summed E-state index contributed by atoms with van der Waals surface area (Å²) in [7, 11) is 1.68. The molecule has 0 spiro atoms. The monoisotopic (exact) mass is 198 g/mol. The number of carbonyl (C=O) groups is 1. The molecule has 0 fully saturated rings. The fraction of sp³-hybridized carbons (Fsp3) is 0.444. The fourth-order valence-electron chi connectivity index (χ4n) is 1.02. The molecule has 13 heavy (non-hydrogen) atoms. The van der Waals surface area contributed by atoms with E-state index >= 15 is 0 Å². The molecular weight excluding hydrogens is 184 g/mol. The van der Waals surface area contributed by atoms with Gasteiger partial charge in [-0.25, -0.2) is 5.43 Å². The molecule has 0 aliphatic carbocycles. The van der Waals surface area contributed by atoms with Crippen LogP contribution in [-0.2, 0) is 10.2 Å². The topological polar surface area (TPSA) is 41.1 Å². The molecule has 0 aliphatic rings. The predicted molar refractivity (Wildman–Crippen MR) is 54.5 cm³/mol. The van der Waals surface area contributed by atoms with E-state index in [1.807, 2.05) is 31.4 Å². The second-order valence-corrected chi connectivity index (χ2v) is 4.25. The lowest BCUT2D eigenvalue weighted by Crippen LogP contribution is -2.45. The average molecular weight is 198 g/mol. The summed E-state index contributed by atoms with van der Waals surface area (Å²) in [5, 5.41) is 1.98. The average Bonchev–Trinajstić information content (AvgIpc) is 2.56.